The molecule has 2 heterocycles. The Kier molecular flexibility index (Phi) is 5.08. The topological polar surface area (TPSA) is 88.7 Å². The lowest BCUT2D eigenvalue weighted by Gasteiger charge is -2.22. The first kappa shape index (κ1) is 19.5. The van der Waals surface area contributed by atoms with Crippen LogP contribution in [0.25, 0.3) is 10.9 Å². The number of nitrogens with two attached hydrogens (primary N) is 1. The van der Waals surface area contributed by atoms with Gasteiger partial charge in [0.1, 0.15) is 11.4 Å². The van der Waals surface area contributed by atoms with E-state index in [2.05, 4.69) is 15.4 Å². The van der Waals surface area contributed by atoms with Gasteiger partial charge in [-0.1, -0.05) is 31.4 Å². The van der Waals surface area contributed by atoms with E-state index in [1.165, 1.54) is 30.7 Å². The number of nitrogens with zero attached hydrogens (tertiary/aromatic N) is 2. The number of hydrogen-bond acceptors (Lipinski definition) is 4. The van der Waals surface area contributed by atoms with Crippen LogP contribution >= 0.6 is 0 Å². The lowest BCUT2D eigenvalue weighted by Crippen LogP contribution is -2.28. The van der Waals surface area contributed by atoms with Gasteiger partial charge in [-0.3, -0.25) is 9.48 Å². The van der Waals surface area contributed by atoms with Gasteiger partial charge in [0.2, 0.25) is 0 Å². The number of hydrogen-bond donors (Lipinski definition) is 3. The highest BCUT2D eigenvalue weighted by Crippen LogP contribution is 2.34. The molecule has 3 aromatic rings. The molecular weight excluding hydrogens is 383 g/mol. The van der Waals surface area contributed by atoms with E-state index >= 15 is 0 Å². The zero-order chi connectivity index (χ0) is 20.6. The van der Waals surface area contributed by atoms with Gasteiger partial charge in [0.05, 0.1) is 11.6 Å². The zero-order valence-electron chi connectivity index (χ0n) is 15.7. The number of alkyl halides is 3. The maximum atomic E-state index is 12.8. The number of benzene rings is 1. The van der Waals surface area contributed by atoms with Crippen LogP contribution in [0.4, 0.5) is 24.7 Å². The fraction of sp³-hybridized carbons (Fsp3) is 0.400. The number of anilines is 2. The van der Waals surface area contributed by atoms with Gasteiger partial charge in [-0.05, 0) is 36.6 Å². The minimum Gasteiger partial charge on any atom is -0.338 e. The molecule has 1 atom stereocenters. The molecule has 29 heavy (non-hydrogen) atoms. The van der Waals surface area contributed by atoms with Gasteiger partial charge >= 0.3 is 6.18 Å². The second-order valence-corrected chi connectivity index (χ2v) is 7.42. The smallest absolute Gasteiger partial charge is 0.338 e. The van der Waals surface area contributed by atoms with Crippen molar-refractivity contribution in [3.8, 4) is 0 Å². The second-order valence-electron chi connectivity index (χ2n) is 7.42. The van der Waals surface area contributed by atoms with Crippen LogP contribution in [0.2, 0.25) is 0 Å². The number of aromatic amines is 1. The number of aromatic nitrogens is 3. The molecule has 4 N–H and O–H groups in total. The van der Waals surface area contributed by atoms with E-state index in [9.17, 15) is 18.0 Å². The highest BCUT2D eigenvalue weighted by molar-refractivity contribution is 5.91. The van der Waals surface area contributed by atoms with E-state index < -0.39 is 12.2 Å². The Morgan fingerprint density at radius 3 is 2.48 bits per heavy atom. The Bertz CT molecular complexity index is 1050. The molecule has 1 aliphatic rings. The molecule has 0 amide bonds. The Labute approximate surface area is 164 Å². The van der Waals surface area contributed by atoms with Gasteiger partial charge in [0.25, 0.3) is 5.56 Å². The number of rotatable bonds is 4. The molecule has 4 rings (SSSR count). The maximum Gasteiger partial charge on any atom is 0.407 e. The number of H-pyrrole nitrogens is 1. The summed E-state index contributed by atoms with van der Waals surface area (Å²) in [6, 6.07) is 5.68. The molecule has 6 nitrogen and oxygen atoms in total. The van der Waals surface area contributed by atoms with Gasteiger partial charge in [-0.15, -0.1) is 0 Å². The maximum absolute atomic E-state index is 12.8. The molecule has 1 saturated carbocycles. The standard InChI is InChI=1S/C20H22F3N5O/c21-20(22,23)17(24)12-6-8-13(9-7-12)26-18-16-15(10-11-25-19(16)29)28(27-18)14-4-2-1-3-5-14/h6-11,14,17H,1-5,24H2,(H,25,29)(H,26,27). The van der Waals surface area contributed by atoms with Crippen LogP contribution in [-0.2, 0) is 0 Å². The third kappa shape index (κ3) is 3.87. The van der Waals surface area contributed by atoms with Crippen molar-refractivity contribution in [3.05, 3.63) is 52.4 Å². The predicted molar refractivity (Wildman–Crippen MR) is 105 cm³/mol. The molecule has 0 bridgehead atoms. The summed E-state index contributed by atoms with van der Waals surface area (Å²) in [7, 11) is 0. The largest absolute Gasteiger partial charge is 0.407 e. The van der Waals surface area contributed by atoms with Crippen molar-refractivity contribution in [3.63, 3.8) is 0 Å². The molecule has 9 heteroatoms. The third-order valence-corrected chi connectivity index (χ3v) is 5.44. The summed E-state index contributed by atoms with van der Waals surface area (Å²) < 4.78 is 40.3. The van der Waals surface area contributed by atoms with E-state index in [-0.39, 0.29) is 17.2 Å². The Hall–Kier alpha value is -2.81. The fourth-order valence-corrected chi connectivity index (χ4v) is 3.89. The minimum atomic E-state index is -4.50. The summed E-state index contributed by atoms with van der Waals surface area (Å²) in [4.78, 5) is 15.1. The molecule has 1 fully saturated rings. The third-order valence-electron chi connectivity index (χ3n) is 5.44. The van der Waals surface area contributed by atoms with Gasteiger partial charge < -0.3 is 16.0 Å². The average Bonchev–Trinajstić information content (AvgIpc) is 3.08. The molecule has 2 aromatic heterocycles. The monoisotopic (exact) mass is 405 g/mol. The average molecular weight is 405 g/mol. The molecule has 0 spiro atoms. The van der Waals surface area contributed by atoms with Crippen LogP contribution in [0.15, 0.2) is 41.3 Å². The van der Waals surface area contributed by atoms with Crippen LogP contribution < -0.4 is 16.6 Å². The Morgan fingerprint density at radius 1 is 1.14 bits per heavy atom. The summed E-state index contributed by atoms with van der Waals surface area (Å²) in [5.74, 6) is 0.389. The summed E-state index contributed by atoms with van der Waals surface area (Å²) in [6.45, 7) is 0. The number of nitrogens with one attached hydrogen (secondary N) is 2. The van der Waals surface area contributed by atoms with Crippen molar-refractivity contribution < 1.29 is 13.2 Å². The van der Waals surface area contributed by atoms with Gasteiger partial charge in [-0.2, -0.15) is 18.3 Å². The van der Waals surface area contributed by atoms with Crippen molar-refractivity contribution in [2.45, 2.75) is 50.4 Å². The Morgan fingerprint density at radius 2 is 1.83 bits per heavy atom. The Balaban J connectivity index is 1.67. The number of fused-ring (bicyclic) bond motifs is 1. The summed E-state index contributed by atoms with van der Waals surface area (Å²) in [5, 5.41) is 8.16. The fourth-order valence-electron chi connectivity index (χ4n) is 3.89. The first-order valence-electron chi connectivity index (χ1n) is 9.64. The summed E-state index contributed by atoms with van der Waals surface area (Å²) in [6.07, 6.45) is 2.56. The first-order valence-corrected chi connectivity index (χ1v) is 9.64. The minimum absolute atomic E-state index is 0.0292. The van der Waals surface area contributed by atoms with E-state index in [4.69, 9.17) is 5.73 Å². The molecule has 0 aliphatic heterocycles. The highest BCUT2D eigenvalue weighted by Gasteiger charge is 2.37. The first-order chi connectivity index (χ1) is 13.8. The van der Waals surface area contributed by atoms with E-state index in [1.807, 2.05) is 10.7 Å². The van der Waals surface area contributed by atoms with E-state index in [0.717, 1.165) is 31.2 Å². The highest BCUT2D eigenvalue weighted by atomic mass is 19.4. The van der Waals surface area contributed by atoms with Crippen LogP contribution in [0.3, 0.4) is 0 Å². The summed E-state index contributed by atoms with van der Waals surface area (Å²) >= 11 is 0. The molecular formula is C20H22F3N5O. The van der Waals surface area contributed by atoms with Gasteiger partial charge in [0.15, 0.2) is 5.82 Å². The normalized spacial score (nSPS) is 16.8. The molecule has 0 radical (unpaired) electrons. The van der Waals surface area contributed by atoms with Crippen molar-refractivity contribution in [1.82, 2.24) is 14.8 Å². The van der Waals surface area contributed by atoms with Crippen LogP contribution in [0.5, 0.6) is 0 Å². The van der Waals surface area contributed by atoms with Crippen molar-refractivity contribution in [2.75, 3.05) is 5.32 Å². The van der Waals surface area contributed by atoms with Gasteiger partial charge in [-0.25, -0.2) is 0 Å². The molecule has 1 unspecified atom stereocenters. The van der Waals surface area contributed by atoms with Crippen LogP contribution in [0, 0.1) is 0 Å². The molecule has 154 valence electrons. The van der Waals surface area contributed by atoms with Crippen LogP contribution in [0.1, 0.15) is 49.8 Å². The van der Waals surface area contributed by atoms with E-state index in [0.29, 0.717) is 16.9 Å². The second kappa shape index (κ2) is 7.55. The molecule has 1 aromatic carbocycles. The van der Waals surface area contributed by atoms with Gasteiger partial charge in [0, 0.05) is 11.9 Å². The lowest BCUT2D eigenvalue weighted by molar-refractivity contribution is -0.149. The molecule has 0 saturated heterocycles. The van der Waals surface area contributed by atoms with Crippen LogP contribution in [-0.4, -0.2) is 20.9 Å². The molecule has 1 aliphatic carbocycles. The van der Waals surface area contributed by atoms with Crippen molar-refractivity contribution in [1.29, 1.82) is 0 Å². The predicted octanol–water partition coefficient (Wildman–Crippen LogP) is 4.54. The summed E-state index contributed by atoms with van der Waals surface area (Å²) in [5.41, 5.74) is 6.24. The van der Waals surface area contributed by atoms with Crippen molar-refractivity contribution >= 4 is 22.4 Å². The SMILES string of the molecule is NC(c1ccc(Nc2nn(C3CCCCC3)c3cc[nH]c(=O)c23)cc1)C(F)(F)F. The number of pyridine rings is 1. The quantitative estimate of drug-likeness (QED) is 0.595. The van der Waals surface area contributed by atoms with Crippen molar-refractivity contribution in [2.24, 2.45) is 5.73 Å². The number of halogens is 3. The zero-order valence-corrected chi connectivity index (χ0v) is 15.7. The lowest BCUT2D eigenvalue weighted by atomic mass is 9.95. The van der Waals surface area contributed by atoms with E-state index in [1.54, 1.807) is 6.20 Å².